The molecule has 2 N–H and O–H groups in total. The second-order valence-electron chi connectivity index (χ2n) is 10.7. The van der Waals surface area contributed by atoms with Gasteiger partial charge in [-0.2, -0.15) is 0 Å². The highest BCUT2D eigenvalue weighted by atomic mass is 35.5. The van der Waals surface area contributed by atoms with E-state index in [9.17, 15) is 14.4 Å². The average Bonchev–Trinajstić information content (AvgIpc) is 3.03. The third kappa shape index (κ3) is 13.8. The Morgan fingerprint density at radius 3 is 1.87 bits per heavy atom. The fourth-order valence-corrected chi connectivity index (χ4v) is 5.72. The van der Waals surface area contributed by atoms with E-state index in [4.69, 9.17) is 31.3 Å². The highest BCUT2D eigenvalue weighted by molar-refractivity contribution is 7.99. The third-order valence-electron chi connectivity index (χ3n) is 6.82. The van der Waals surface area contributed by atoms with Crippen molar-refractivity contribution >= 4 is 59.3 Å². The van der Waals surface area contributed by atoms with Crippen LogP contribution >= 0.6 is 35.8 Å². The number of nitrogens with zero attached hydrogens (tertiary/aromatic N) is 2. The van der Waals surface area contributed by atoms with E-state index in [1.807, 2.05) is 30.8 Å². The number of likely N-dealkylation sites (tertiary alicyclic amines) is 1. The molecule has 12 heteroatoms. The fourth-order valence-electron chi connectivity index (χ4n) is 4.51. The maximum absolute atomic E-state index is 11.3. The molecule has 2 aliphatic heterocycles. The summed E-state index contributed by atoms with van der Waals surface area (Å²) in [5.74, 6) is -2.29. The first kappa shape index (κ1) is 39.4. The van der Waals surface area contributed by atoms with Crippen molar-refractivity contribution in [3.05, 3.63) is 107 Å². The first-order chi connectivity index (χ1) is 22.0. The molecular formula is C35H40Cl2N2O7S. The quantitative estimate of drug-likeness (QED) is 0.153. The second kappa shape index (κ2) is 20.4. The lowest BCUT2D eigenvalue weighted by molar-refractivity contribution is -0.146. The number of esters is 1. The topological polar surface area (TPSA) is 117 Å². The smallest absolute Gasteiger partial charge is 0.344 e. The SMILES string of the molecule is CN(C)CCOC(=O)COc1ccc(Cl)cc1.CN1CCC(=C2c3ccccc3Sc3ccccc32)CC1.Cl.O=C(O)C=CC(=O)O. The number of hydrogen-bond donors (Lipinski definition) is 2. The van der Waals surface area contributed by atoms with Crippen LogP contribution in [0.4, 0.5) is 0 Å². The van der Waals surface area contributed by atoms with Crippen molar-refractivity contribution in [2.45, 2.75) is 22.6 Å². The molecule has 2 aliphatic rings. The summed E-state index contributed by atoms with van der Waals surface area (Å²) in [6, 6.07) is 24.5. The van der Waals surface area contributed by atoms with Gasteiger partial charge in [0.2, 0.25) is 0 Å². The van der Waals surface area contributed by atoms with Gasteiger partial charge in [0.05, 0.1) is 0 Å². The molecule has 5 rings (SSSR count). The molecule has 0 aliphatic carbocycles. The average molecular weight is 704 g/mol. The van der Waals surface area contributed by atoms with Gasteiger partial charge in [0.15, 0.2) is 6.61 Å². The number of likely N-dealkylation sites (N-methyl/N-ethyl adjacent to an activating group) is 1. The molecule has 0 aromatic heterocycles. The molecule has 252 valence electrons. The van der Waals surface area contributed by atoms with Crippen LogP contribution in [0.15, 0.2) is 100 Å². The van der Waals surface area contributed by atoms with Crippen LogP contribution in [0, 0.1) is 0 Å². The molecule has 0 bridgehead atoms. The summed E-state index contributed by atoms with van der Waals surface area (Å²) < 4.78 is 10.2. The maximum atomic E-state index is 11.3. The van der Waals surface area contributed by atoms with Gasteiger partial charge in [0.25, 0.3) is 0 Å². The van der Waals surface area contributed by atoms with Crippen molar-refractivity contribution in [3.63, 3.8) is 0 Å². The van der Waals surface area contributed by atoms with Gasteiger partial charge in [-0.3, -0.25) is 0 Å². The standard InChI is InChI=1S/C19H19NS.C12H16ClNO3.C4H4O4.ClH/c1-20-12-10-14(11-13-20)19-15-6-2-4-8-17(15)21-18-9-5-3-7-16(18)19;1-14(2)7-8-16-12(15)9-17-11-5-3-10(13)4-6-11;5-3(6)1-2-4(7)8;/h2-9H,10-13H2,1H3;3-6H,7-9H2,1-2H3;1-2H,(H,5,6)(H,7,8);1H. The number of hydrogen-bond acceptors (Lipinski definition) is 8. The van der Waals surface area contributed by atoms with Crippen LogP contribution in [0.2, 0.25) is 5.02 Å². The predicted octanol–water partition coefficient (Wildman–Crippen LogP) is 6.64. The van der Waals surface area contributed by atoms with E-state index < -0.39 is 11.9 Å². The Balaban J connectivity index is 0.000000267. The van der Waals surface area contributed by atoms with E-state index in [2.05, 4.69) is 60.5 Å². The lowest BCUT2D eigenvalue weighted by Gasteiger charge is -2.30. The van der Waals surface area contributed by atoms with E-state index >= 15 is 0 Å². The third-order valence-corrected chi connectivity index (χ3v) is 8.22. The zero-order chi connectivity index (χ0) is 33.5. The molecule has 47 heavy (non-hydrogen) atoms. The van der Waals surface area contributed by atoms with Crippen LogP contribution in [0.3, 0.4) is 0 Å². The summed E-state index contributed by atoms with van der Waals surface area (Å²) in [5.41, 5.74) is 6.00. The van der Waals surface area contributed by atoms with E-state index in [1.165, 1.54) is 52.4 Å². The van der Waals surface area contributed by atoms with Gasteiger partial charge in [-0.05, 0) is 87.1 Å². The molecule has 0 spiro atoms. The van der Waals surface area contributed by atoms with Crippen LogP contribution in [-0.2, 0) is 19.1 Å². The van der Waals surface area contributed by atoms with Gasteiger partial charge in [-0.15, -0.1) is 12.4 Å². The summed E-state index contributed by atoms with van der Waals surface area (Å²) in [6.07, 6.45) is 3.50. The number of carbonyl (C=O) groups is 3. The van der Waals surface area contributed by atoms with Crippen LogP contribution in [0.5, 0.6) is 5.75 Å². The molecule has 3 aromatic rings. The van der Waals surface area contributed by atoms with Crippen molar-refractivity contribution in [2.24, 2.45) is 0 Å². The number of rotatable bonds is 8. The van der Waals surface area contributed by atoms with Crippen molar-refractivity contribution in [3.8, 4) is 5.75 Å². The second-order valence-corrected chi connectivity index (χ2v) is 12.2. The first-order valence-corrected chi connectivity index (χ1v) is 15.8. The molecule has 3 aromatic carbocycles. The molecule has 1 fully saturated rings. The molecule has 2 heterocycles. The Kier molecular flexibility index (Phi) is 17.1. The Bertz CT molecular complexity index is 1470. The lowest BCUT2D eigenvalue weighted by Crippen LogP contribution is -2.27. The number of carbonyl (C=O) groups excluding carboxylic acids is 1. The van der Waals surface area contributed by atoms with Gasteiger partial charge in [0.1, 0.15) is 12.4 Å². The van der Waals surface area contributed by atoms with Crippen molar-refractivity contribution in [1.82, 2.24) is 9.80 Å². The number of aliphatic carboxylic acids is 2. The summed E-state index contributed by atoms with van der Waals surface area (Å²) in [4.78, 5) is 37.5. The van der Waals surface area contributed by atoms with Gasteiger partial charge < -0.3 is 29.5 Å². The normalized spacial score (nSPS) is 13.6. The molecule has 0 unspecified atom stereocenters. The maximum Gasteiger partial charge on any atom is 0.344 e. The summed E-state index contributed by atoms with van der Waals surface area (Å²) in [6.45, 7) is 3.34. The predicted molar refractivity (Wildman–Crippen MR) is 188 cm³/mol. The van der Waals surface area contributed by atoms with Crippen LogP contribution in [-0.4, -0.2) is 91.9 Å². The number of halogens is 2. The Hall–Kier alpha value is -3.80. The Morgan fingerprint density at radius 1 is 0.872 bits per heavy atom. The Morgan fingerprint density at radius 2 is 1.38 bits per heavy atom. The molecule has 1 saturated heterocycles. The molecule has 0 radical (unpaired) electrons. The van der Waals surface area contributed by atoms with Crippen LogP contribution in [0.1, 0.15) is 24.0 Å². The monoisotopic (exact) mass is 702 g/mol. The number of piperidine rings is 1. The summed E-state index contributed by atoms with van der Waals surface area (Å²) in [7, 11) is 6.05. The first-order valence-electron chi connectivity index (χ1n) is 14.6. The number of carboxylic acid groups (broad SMARTS) is 2. The fraction of sp³-hybridized carbons (Fsp3) is 0.286. The van der Waals surface area contributed by atoms with E-state index in [-0.39, 0.29) is 25.0 Å². The zero-order valence-electron chi connectivity index (χ0n) is 26.6. The van der Waals surface area contributed by atoms with Crippen LogP contribution in [0.25, 0.3) is 5.57 Å². The summed E-state index contributed by atoms with van der Waals surface area (Å²) in [5, 5.41) is 16.3. The zero-order valence-corrected chi connectivity index (χ0v) is 28.9. The van der Waals surface area contributed by atoms with E-state index in [0.717, 1.165) is 0 Å². The lowest BCUT2D eigenvalue weighted by atomic mass is 9.88. The summed E-state index contributed by atoms with van der Waals surface area (Å²) >= 11 is 7.63. The van der Waals surface area contributed by atoms with Gasteiger partial charge in [-0.1, -0.05) is 65.3 Å². The van der Waals surface area contributed by atoms with E-state index in [0.29, 0.717) is 36.1 Å². The molecule has 9 nitrogen and oxygen atoms in total. The number of benzene rings is 3. The number of carboxylic acids is 2. The highest BCUT2D eigenvalue weighted by Crippen LogP contribution is 2.47. The molecule has 0 amide bonds. The van der Waals surface area contributed by atoms with Crippen molar-refractivity contribution < 1.29 is 34.1 Å². The van der Waals surface area contributed by atoms with E-state index in [1.54, 1.807) is 29.8 Å². The minimum Gasteiger partial charge on any atom is -0.482 e. The number of fused-ring (bicyclic) bond motifs is 2. The highest BCUT2D eigenvalue weighted by Gasteiger charge is 2.24. The number of ether oxygens (including phenoxy) is 2. The van der Waals surface area contributed by atoms with Gasteiger partial charge in [-0.25, -0.2) is 14.4 Å². The van der Waals surface area contributed by atoms with Crippen LogP contribution < -0.4 is 4.74 Å². The van der Waals surface area contributed by atoms with Crippen molar-refractivity contribution in [1.29, 1.82) is 0 Å². The minimum atomic E-state index is -1.26. The van der Waals surface area contributed by atoms with Gasteiger partial charge in [0, 0.05) is 46.6 Å². The molecule has 0 atom stereocenters. The van der Waals surface area contributed by atoms with Gasteiger partial charge >= 0.3 is 17.9 Å². The molecule has 0 saturated carbocycles. The van der Waals surface area contributed by atoms with Crippen molar-refractivity contribution in [2.75, 3.05) is 54.0 Å². The largest absolute Gasteiger partial charge is 0.482 e. The molecular weight excluding hydrogens is 663 g/mol. The Labute approximate surface area is 291 Å². The minimum absolute atomic E-state index is 0.